The lowest BCUT2D eigenvalue weighted by Crippen LogP contribution is -2.26. The first-order valence-corrected chi connectivity index (χ1v) is 9.06. The number of aromatic nitrogens is 1. The Morgan fingerprint density at radius 1 is 1.25 bits per heavy atom. The number of thiophene rings is 1. The molecule has 5 heteroatoms. The Labute approximate surface area is 146 Å². The second kappa shape index (κ2) is 7.09. The Kier molecular flexibility index (Phi) is 4.90. The first-order valence-electron chi connectivity index (χ1n) is 8.18. The van der Waals surface area contributed by atoms with E-state index in [4.69, 9.17) is 4.74 Å². The van der Waals surface area contributed by atoms with Crippen molar-refractivity contribution in [1.29, 1.82) is 0 Å². The van der Waals surface area contributed by atoms with Gasteiger partial charge in [0.15, 0.2) is 0 Å². The molecule has 1 amide bonds. The average molecular weight is 342 g/mol. The summed E-state index contributed by atoms with van der Waals surface area (Å²) in [5, 5.41) is 5.08. The van der Waals surface area contributed by atoms with E-state index in [-0.39, 0.29) is 11.9 Å². The van der Waals surface area contributed by atoms with Gasteiger partial charge in [-0.1, -0.05) is 12.1 Å². The predicted octanol–water partition coefficient (Wildman–Crippen LogP) is 4.61. The van der Waals surface area contributed by atoms with Gasteiger partial charge in [-0.25, -0.2) is 0 Å². The lowest BCUT2D eigenvalue weighted by Gasteiger charge is -2.14. The van der Waals surface area contributed by atoms with E-state index in [2.05, 4.69) is 35.2 Å². The van der Waals surface area contributed by atoms with Gasteiger partial charge in [0.1, 0.15) is 11.4 Å². The summed E-state index contributed by atoms with van der Waals surface area (Å²) in [6, 6.07) is 12.1. The van der Waals surface area contributed by atoms with Crippen molar-refractivity contribution in [3.63, 3.8) is 0 Å². The smallest absolute Gasteiger partial charge is 0.268 e. The first-order chi connectivity index (χ1) is 11.6. The van der Waals surface area contributed by atoms with Crippen molar-refractivity contribution in [2.24, 2.45) is 0 Å². The van der Waals surface area contributed by atoms with Gasteiger partial charge in [-0.3, -0.25) is 4.79 Å². The Hall–Kier alpha value is -2.27. The lowest BCUT2D eigenvalue weighted by molar-refractivity contribution is 0.0940. The van der Waals surface area contributed by atoms with Crippen LogP contribution in [0.3, 0.4) is 0 Å². The summed E-state index contributed by atoms with van der Waals surface area (Å²) in [6.07, 6.45) is 0. The van der Waals surface area contributed by atoms with Crippen LogP contribution in [0, 0.1) is 0 Å². The van der Waals surface area contributed by atoms with Gasteiger partial charge >= 0.3 is 0 Å². The highest BCUT2D eigenvalue weighted by Gasteiger charge is 2.17. The second-order valence-electron chi connectivity index (χ2n) is 5.92. The molecule has 0 bridgehead atoms. The minimum Gasteiger partial charge on any atom is -0.494 e. The summed E-state index contributed by atoms with van der Waals surface area (Å²) in [6.45, 7) is 7.31. The Balaban J connectivity index is 1.73. The number of hydrogen-bond donors (Lipinski definition) is 1. The maximum atomic E-state index is 12.6. The molecule has 3 aromatic rings. The average Bonchev–Trinajstić information content (AvgIpc) is 3.14. The van der Waals surface area contributed by atoms with E-state index in [1.807, 2.05) is 37.3 Å². The maximum absolute atomic E-state index is 12.6. The number of ether oxygens (including phenoxy) is 1. The summed E-state index contributed by atoms with van der Waals surface area (Å²) < 4.78 is 8.68. The van der Waals surface area contributed by atoms with Crippen LogP contribution in [0.4, 0.5) is 0 Å². The summed E-state index contributed by atoms with van der Waals surface area (Å²) in [4.78, 5) is 12.6. The summed E-state index contributed by atoms with van der Waals surface area (Å²) in [7, 11) is 0. The van der Waals surface area contributed by atoms with Crippen LogP contribution in [0.5, 0.6) is 5.75 Å². The number of hydrogen-bond acceptors (Lipinski definition) is 3. The van der Waals surface area contributed by atoms with Gasteiger partial charge in [0, 0.05) is 12.6 Å². The Bertz CT molecular complexity index is 831. The van der Waals surface area contributed by atoms with Gasteiger partial charge < -0.3 is 14.6 Å². The first kappa shape index (κ1) is 16.6. The highest BCUT2D eigenvalue weighted by atomic mass is 32.1. The molecule has 0 aliphatic heterocycles. The summed E-state index contributed by atoms with van der Waals surface area (Å²) in [5.41, 5.74) is 2.90. The van der Waals surface area contributed by atoms with Gasteiger partial charge in [-0.15, -0.1) is 11.3 Å². The quantitative estimate of drug-likeness (QED) is 0.711. The molecule has 126 valence electrons. The highest BCUT2D eigenvalue weighted by Crippen LogP contribution is 2.28. The standard InChI is InChI=1S/C19H22N2O2S/c1-4-23-15-7-5-14(6-8-15)12-20-19(22)17-11-18-16(9-10-24-18)21(17)13(2)3/h5-11,13H,4,12H2,1-3H3,(H,20,22). The van der Waals surface area contributed by atoms with Crippen molar-refractivity contribution in [3.05, 3.63) is 53.0 Å². The molecule has 0 aliphatic rings. The zero-order chi connectivity index (χ0) is 17.1. The fraction of sp³-hybridized carbons (Fsp3) is 0.316. The van der Waals surface area contributed by atoms with Gasteiger partial charge in [0.05, 0.1) is 16.8 Å². The zero-order valence-corrected chi connectivity index (χ0v) is 15.0. The molecule has 0 radical (unpaired) electrons. The minimum atomic E-state index is -0.0408. The van der Waals surface area contributed by atoms with E-state index in [1.54, 1.807) is 11.3 Å². The van der Waals surface area contributed by atoms with Gasteiger partial charge in [-0.2, -0.15) is 0 Å². The van der Waals surface area contributed by atoms with Crippen LogP contribution in [-0.2, 0) is 6.54 Å². The minimum absolute atomic E-state index is 0.0408. The van der Waals surface area contributed by atoms with Crippen LogP contribution in [0.1, 0.15) is 42.9 Å². The molecule has 0 unspecified atom stereocenters. The molecule has 0 atom stereocenters. The molecule has 1 aromatic carbocycles. The number of amides is 1. The maximum Gasteiger partial charge on any atom is 0.268 e. The van der Waals surface area contributed by atoms with E-state index >= 15 is 0 Å². The van der Waals surface area contributed by atoms with Crippen LogP contribution in [0.2, 0.25) is 0 Å². The summed E-state index contributed by atoms with van der Waals surface area (Å²) >= 11 is 1.66. The number of carbonyl (C=O) groups is 1. The van der Waals surface area contributed by atoms with Gasteiger partial charge in [0.25, 0.3) is 5.91 Å². The Morgan fingerprint density at radius 2 is 2.00 bits per heavy atom. The molecule has 2 aromatic heterocycles. The molecular formula is C19H22N2O2S. The van der Waals surface area contributed by atoms with Crippen molar-refractivity contribution in [3.8, 4) is 5.75 Å². The largest absolute Gasteiger partial charge is 0.494 e. The van der Waals surface area contributed by atoms with Crippen LogP contribution >= 0.6 is 11.3 Å². The number of nitrogens with zero attached hydrogens (tertiary/aromatic N) is 1. The van der Waals surface area contributed by atoms with Crippen LogP contribution < -0.4 is 10.1 Å². The molecule has 0 aliphatic carbocycles. The third-order valence-electron chi connectivity index (χ3n) is 3.90. The van der Waals surface area contributed by atoms with E-state index < -0.39 is 0 Å². The molecule has 1 N–H and O–H groups in total. The Morgan fingerprint density at radius 3 is 2.67 bits per heavy atom. The number of nitrogens with one attached hydrogen (secondary N) is 1. The van der Waals surface area contributed by atoms with Crippen molar-refractivity contribution >= 4 is 27.5 Å². The van der Waals surface area contributed by atoms with E-state index in [9.17, 15) is 4.79 Å². The third kappa shape index (κ3) is 3.31. The number of carbonyl (C=O) groups excluding carboxylic acids is 1. The van der Waals surface area contributed by atoms with Crippen LogP contribution in [0.25, 0.3) is 10.2 Å². The van der Waals surface area contributed by atoms with Crippen molar-refractivity contribution < 1.29 is 9.53 Å². The highest BCUT2D eigenvalue weighted by molar-refractivity contribution is 7.17. The normalized spacial score (nSPS) is 11.2. The van der Waals surface area contributed by atoms with Gasteiger partial charge in [0.2, 0.25) is 0 Å². The summed E-state index contributed by atoms with van der Waals surface area (Å²) in [5.74, 6) is 0.808. The topological polar surface area (TPSA) is 43.3 Å². The number of fused-ring (bicyclic) bond motifs is 1. The third-order valence-corrected chi connectivity index (χ3v) is 4.75. The SMILES string of the molecule is CCOc1ccc(CNC(=O)c2cc3sccc3n2C(C)C)cc1. The van der Waals surface area contributed by atoms with Crippen LogP contribution in [-0.4, -0.2) is 17.1 Å². The van der Waals surface area contributed by atoms with Crippen LogP contribution in [0.15, 0.2) is 41.8 Å². The van der Waals surface area contributed by atoms with Crippen molar-refractivity contribution in [1.82, 2.24) is 9.88 Å². The van der Waals surface area contributed by atoms with Crippen molar-refractivity contribution in [2.75, 3.05) is 6.61 Å². The number of rotatable bonds is 6. The lowest BCUT2D eigenvalue weighted by atomic mass is 10.2. The fourth-order valence-corrected chi connectivity index (χ4v) is 3.63. The van der Waals surface area contributed by atoms with Crippen molar-refractivity contribution in [2.45, 2.75) is 33.4 Å². The van der Waals surface area contributed by atoms with E-state index in [1.165, 1.54) is 0 Å². The molecule has 2 heterocycles. The fourth-order valence-electron chi connectivity index (χ4n) is 2.82. The zero-order valence-electron chi connectivity index (χ0n) is 14.2. The molecule has 3 rings (SSSR count). The predicted molar refractivity (Wildman–Crippen MR) is 99.0 cm³/mol. The molecule has 0 spiro atoms. The molecule has 0 saturated heterocycles. The van der Waals surface area contributed by atoms with E-state index in [0.29, 0.717) is 13.2 Å². The van der Waals surface area contributed by atoms with E-state index in [0.717, 1.165) is 27.2 Å². The molecule has 0 fully saturated rings. The van der Waals surface area contributed by atoms with Gasteiger partial charge in [-0.05, 0) is 56.0 Å². The molecule has 0 saturated carbocycles. The second-order valence-corrected chi connectivity index (χ2v) is 6.87. The monoisotopic (exact) mass is 342 g/mol. The molecular weight excluding hydrogens is 320 g/mol. The molecule has 4 nitrogen and oxygen atoms in total. The number of benzene rings is 1. The molecule has 24 heavy (non-hydrogen) atoms.